The summed E-state index contributed by atoms with van der Waals surface area (Å²) >= 11 is 0. The van der Waals surface area contributed by atoms with Crippen LogP contribution in [0.3, 0.4) is 0 Å². The molecule has 6 nitrogen and oxygen atoms in total. The van der Waals surface area contributed by atoms with E-state index in [1.54, 1.807) is 0 Å². The van der Waals surface area contributed by atoms with Crippen molar-refractivity contribution >= 4 is 6.16 Å². The van der Waals surface area contributed by atoms with E-state index in [-0.39, 0.29) is 12.2 Å². The smallest absolute Gasteiger partial charge is 0.486 e. The zero-order valence-electron chi connectivity index (χ0n) is 12.7. The average Bonchev–Trinajstić information content (AvgIpc) is 2.55. The van der Waals surface area contributed by atoms with Crippen molar-refractivity contribution in [3.8, 4) is 11.5 Å². The molecule has 2 aliphatic rings. The van der Waals surface area contributed by atoms with Gasteiger partial charge in [-0.3, -0.25) is 4.90 Å². The van der Waals surface area contributed by atoms with Crippen LogP contribution < -0.4 is 9.47 Å². The summed E-state index contributed by atoms with van der Waals surface area (Å²) in [6, 6.07) is 7.70. The van der Waals surface area contributed by atoms with E-state index in [9.17, 15) is 4.79 Å². The van der Waals surface area contributed by atoms with Gasteiger partial charge in [0.15, 0.2) is 11.5 Å². The maximum Gasteiger partial charge on any atom is 0.508 e. The van der Waals surface area contributed by atoms with Crippen LogP contribution in [0.5, 0.6) is 11.5 Å². The lowest BCUT2D eigenvalue weighted by Crippen LogP contribution is -2.47. The first-order valence-corrected chi connectivity index (χ1v) is 7.60. The molecular weight excluding hydrogens is 286 g/mol. The van der Waals surface area contributed by atoms with Gasteiger partial charge in [0.1, 0.15) is 18.8 Å². The predicted octanol–water partition coefficient (Wildman–Crippen LogP) is 2.07. The summed E-state index contributed by atoms with van der Waals surface area (Å²) in [7, 11) is 1.33. The summed E-state index contributed by atoms with van der Waals surface area (Å²) in [5.74, 6) is 1.59. The second kappa shape index (κ2) is 6.87. The van der Waals surface area contributed by atoms with E-state index in [0.717, 1.165) is 37.4 Å². The fraction of sp³-hybridized carbons (Fsp3) is 0.562. The van der Waals surface area contributed by atoms with Gasteiger partial charge in [0.05, 0.1) is 7.11 Å². The summed E-state index contributed by atoms with van der Waals surface area (Å²) in [5, 5.41) is 0. The highest BCUT2D eigenvalue weighted by atomic mass is 16.7. The highest BCUT2D eigenvalue weighted by molar-refractivity contribution is 5.59. The molecule has 0 saturated carbocycles. The third-order valence-electron chi connectivity index (χ3n) is 3.92. The van der Waals surface area contributed by atoms with Gasteiger partial charge in [-0.25, -0.2) is 4.79 Å². The topological polar surface area (TPSA) is 57.2 Å². The molecule has 3 rings (SSSR count). The van der Waals surface area contributed by atoms with Crippen molar-refractivity contribution in [2.45, 2.75) is 25.0 Å². The van der Waals surface area contributed by atoms with E-state index in [4.69, 9.17) is 14.2 Å². The Labute approximate surface area is 129 Å². The molecule has 2 aliphatic heterocycles. The molecule has 2 atom stereocenters. The van der Waals surface area contributed by atoms with E-state index in [2.05, 4.69) is 9.64 Å². The lowest BCUT2D eigenvalue weighted by Gasteiger charge is -2.35. The fourth-order valence-electron chi connectivity index (χ4n) is 2.90. The molecule has 1 aromatic carbocycles. The maximum atomic E-state index is 11.2. The predicted molar refractivity (Wildman–Crippen MR) is 79.3 cm³/mol. The Kier molecular flexibility index (Phi) is 4.68. The van der Waals surface area contributed by atoms with E-state index in [1.807, 2.05) is 24.3 Å². The van der Waals surface area contributed by atoms with Gasteiger partial charge < -0.3 is 18.9 Å². The number of hydrogen-bond acceptors (Lipinski definition) is 6. The number of carbonyl (C=O) groups excluding carboxylic acids is 1. The van der Waals surface area contributed by atoms with E-state index >= 15 is 0 Å². The molecule has 22 heavy (non-hydrogen) atoms. The normalized spacial score (nSPS) is 24.6. The number of methoxy groups -OCH3 is 1. The molecule has 0 aliphatic carbocycles. The molecule has 1 saturated heterocycles. The van der Waals surface area contributed by atoms with Crippen LogP contribution in [0.25, 0.3) is 0 Å². The van der Waals surface area contributed by atoms with Crippen LogP contribution in [0.4, 0.5) is 4.79 Å². The largest absolute Gasteiger partial charge is 0.508 e. The first-order chi connectivity index (χ1) is 10.7. The Morgan fingerprint density at radius 2 is 2.18 bits per heavy atom. The van der Waals surface area contributed by atoms with Gasteiger partial charge in [0, 0.05) is 13.1 Å². The number of likely N-dealkylation sites (tertiary alicyclic amines) is 1. The van der Waals surface area contributed by atoms with Gasteiger partial charge in [0.25, 0.3) is 0 Å². The third kappa shape index (κ3) is 3.62. The van der Waals surface area contributed by atoms with Crippen LogP contribution in [0.15, 0.2) is 24.3 Å². The highest BCUT2D eigenvalue weighted by Gasteiger charge is 2.28. The monoisotopic (exact) mass is 307 g/mol. The summed E-state index contributed by atoms with van der Waals surface area (Å²) in [6.07, 6.45) is 1.13. The molecule has 0 radical (unpaired) electrons. The number of rotatable bonds is 3. The van der Waals surface area contributed by atoms with Crippen molar-refractivity contribution in [1.29, 1.82) is 0 Å². The summed E-state index contributed by atoms with van der Waals surface area (Å²) in [5.41, 5.74) is 0. The number of ether oxygens (including phenoxy) is 4. The van der Waals surface area contributed by atoms with E-state index in [1.165, 1.54) is 7.11 Å². The first kappa shape index (κ1) is 15.0. The standard InChI is InChI=1S/C16H21NO5/c1-19-16(18)22-12-5-4-8-17(9-12)10-13-11-20-14-6-2-3-7-15(14)21-13/h2-3,6-7,12-13H,4-5,8-11H2,1H3. The third-order valence-corrected chi connectivity index (χ3v) is 3.92. The van der Waals surface area contributed by atoms with Gasteiger partial charge in [-0.15, -0.1) is 0 Å². The number of fused-ring (bicyclic) bond motifs is 1. The van der Waals surface area contributed by atoms with Crippen LogP contribution in [-0.4, -0.2) is 56.6 Å². The number of piperidine rings is 1. The van der Waals surface area contributed by atoms with Crippen molar-refractivity contribution in [2.75, 3.05) is 33.4 Å². The van der Waals surface area contributed by atoms with Crippen LogP contribution in [0, 0.1) is 0 Å². The average molecular weight is 307 g/mol. The van der Waals surface area contributed by atoms with E-state index in [0.29, 0.717) is 13.2 Å². The minimum absolute atomic E-state index is 0.00761. The minimum Gasteiger partial charge on any atom is -0.486 e. The molecular formula is C16H21NO5. The number of para-hydroxylation sites is 2. The van der Waals surface area contributed by atoms with Crippen molar-refractivity contribution in [3.05, 3.63) is 24.3 Å². The number of benzene rings is 1. The molecule has 0 spiro atoms. The maximum absolute atomic E-state index is 11.2. The lowest BCUT2D eigenvalue weighted by atomic mass is 10.1. The molecule has 0 bridgehead atoms. The lowest BCUT2D eigenvalue weighted by molar-refractivity contribution is -0.0103. The van der Waals surface area contributed by atoms with Crippen molar-refractivity contribution in [2.24, 2.45) is 0 Å². The van der Waals surface area contributed by atoms with E-state index < -0.39 is 6.16 Å². The van der Waals surface area contributed by atoms with Crippen molar-refractivity contribution in [1.82, 2.24) is 4.90 Å². The Morgan fingerprint density at radius 3 is 3.00 bits per heavy atom. The summed E-state index contributed by atoms with van der Waals surface area (Å²) in [4.78, 5) is 13.5. The van der Waals surface area contributed by atoms with Crippen molar-refractivity contribution < 1.29 is 23.7 Å². The Balaban J connectivity index is 1.52. The van der Waals surface area contributed by atoms with Gasteiger partial charge in [-0.05, 0) is 31.5 Å². The fourth-order valence-corrected chi connectivity index (χ4v) is 2.90. The zero-order valence-corrected chi connectivity index (χ0v) is 12.7. The minimum atomic E-state index is -0.613. The van der Waals surface area contributed by atoms with Crippen LogP contribution in [-0.2, 0) is 9.47 Å². The molecule has 1 aromatic rings. The summed E-state index contributed by atoms with van der Waals surface area (Å²) in [6.45, 7) is 2.98. The quantitative estimate of drug-likeness (QED) is 0.797. The first-order valence-electron chi connectivity index (χ1n) is 7.60. The molecule has 120 valence electrons. The van der Waals surface area contributed by atoms with Gasteiger partial charge in [-0.2, -0.15) is 0 Å². The number of hydrogen-bond donors (Lipinski definition) is 0. The van der Waals surface area contributed by atoms with Crippen LogP contribution >= 0.6 is 0 Å². The zero-order chi connectivity index (χ0) is 15.4. The van der Waals surface area contributed by atoms with Gasteiger partial charge in [-0.1, -0.05) is 12.1 Å². The summed E-state index contributed by atoms with van der Waals surface area (Å²) < 4.78 is 21.5. The highest BCUT2D eigenvalue weighted by Crippen LogP contribution is 2.31. The Hall–Kier alpha value is -1.95. The molecule has 0 aromatic heterocycles. The number of nitrogens with zero attached hydrogens (tertiary/aromatic N) is 1. The second-order valence-electron chi connectivity index (χ2n) is 5.59. The van der Waals surface area contributed by atoms with Crippen LogP contribution in [0.1, 0.15) is 12.8 Å². The Morgan fingerprint density at radius 1 is 1.36 bits per heavy atom. The van der Waals surface area contributed by atoms with Crippen LogP contribution in [0.2, 0.25) is 0 Å². The van der Waals surface area contributed by atoms with Gasteiger partial charge >= 0.3 is 6.16 Å². The molecule has 6 heteroatoms. The van der Waals surface area contributed by atoms with Crippen molar-refractivity contribution in [3.63, 3.8) is 0 Å². The molecule has 0 amide bonds. The molecule has 1 fully saturated rings. The second-order valence-corrected chi connectivity index (χ2v) is 5.59. The Bertz CT molecular complexity index is 521. The molecule has 0 N–H and O–H groups in total. The molecule has 2 unspecified atom stereocenters. The van der Waals surface area contributed by atoms with Gasteiger partial charge in [0.2, 0.25) is 0 Å². The number of carbonyl (C=O) groups is 1. The molecule has 2 heterocycles. The SMILES string of the molecule is COC(=O)OC1CCCN(CC2COc3ccccc3O2)C1.